The van der Waals surface area contributed by atoms with Gasteiger partial charge in [0.05, 0.1) is 6.04 Å². The molecule has 1 aromatic carbocycles. The molecule has 1 atom stereocenters. The van der Waals surface area contributed by atoms with Crippen molar-refractivity contribution in [3.8, 4) is 0 Å². The fraction of sp³-hybridized carbons (Fsp3) is 0.345. The number of pyridine rings is 2. The van der Waals surface area contributed by atoms with Gasteiger partial charge in [-0.3, -0.25) is 19.7 Å². The van der Waals surface area contributed by atoms with Gasteiger partial charge in [-0.05, 0) is 79.2 Å². The minimum atomic E-state index is -0.0415. The van der Waals surface area contributed by atoms with Crippen molar-refractivity contribution in [1.82, 2.24) is 20.2 Å². The Hall–Kier alpha value is -3.31. The summed E-state index contributed by atoms with van der Waals surface area (Å²) in [4.78, 5) is 22.9. The van der Waals surface area contributed by atoms with Gasteiger partial charge in [0.2, 0.25) is 5.91 Å². The number of likely N-dealkylation sites (tertiary alicyclic amines) is 1. The van der Waals surface area contributed by atoms with Crippen LogP contribution in [0.5, 0.6) is 0 Å². The third kappa shape index (κ3) is 7.09. The second-order valence-electron chi connectivity index (χ2n) is 8.98. The first-order chi connectivity index (χ1) is 16.8. The van der Waals surface area contributed by atoms with Gasteiger partial charge in [-0.2, -0.15) is 0 Å². The highest BCUT2D eigenvalue weighted by Crippen LogP contribution is 2.33. The van der Waals surface area contributed by atoms with E-state index in [-0.39, 0.29) is 5.91 Å². The molecule has 3 aromatic rings. The monoisotopic (exact) mass is 454 g/mol. The SMILES string of the molecule is O=C(/C=C\c1cccnc1)NCCCCC1CCN(C(c2ccccc2)c2ccncc2)CC1. The minimum absolute atomic E-state index is 0.0415. The van der Waals surface area contributed by atoms with Crippen LogP contribution in [0.4, 0.5) is 0 Å². The fourth-order valence-electron chi connectivity index (χ4n) is 4.77. The van der Waals surface area contributed by atoms with E-state index in [0.29, 0.717) is 6.04 Å². The van der Waals surface area contributed by atoms with Gasteiger partial charge in [0.1, 0.15) is 0 Å². The van der Waals surface area contributed by atoms with Crippen LogP contribution in [0.1, 0.15) is 54.8 Å². The van der Waals surface area contributed by atoms with E-state index < -0.39 is 0 Å². The topological polar surface area (TPSA) is 58.1 Å². The normalized spacial score (nSPS) is 15.9. The quantitative estimate of drug-likeness (QED) is 0.335. The summed E-state index contributed by atoms with van der Waals surface area (Å²) in [6, 6.07) is 19.2. The predicted molar refractivity (Wildman–Crippen MR) is 137 cm³/mol. The Morgan fingerprint density at radius 3 is 2.44 bits per heavy atom. The number of hydrogen-bond acceptors (Lipinski definition) is 4. The number of unbranched alkanes of at least 4 members (excludes halogenated alkanes) is 1. The van der Waals surface area contributed by atoms with Gasteiger partial charge in [0, 0.05) is 37.4 Å². The number of nitrogens with one attached hydrogen (secondary N) is 1. The standard InChI is InChI=1S/C29H34N4O/c34-28(12-11-25-8-6-17-31-23-25)32-18-5-4-7-24-15-21-33(22-16-24)29(26-9-2-1-3-10-26)27-13-19-30-20-14-27/h1-3,6,8-14,17,19-20,23-24,29H,4-5,7,15-16,18,21-22H2,(H,32,34)/b12-11-. The van der Waals surface area contributed by atoms with Crippen molar-refractivity contribution in [2.24, 2.45) is 5.92 Å². The van der Waals surface area contributed by atoms with Crippen molar-refractivity contribution in [2.75, 3.05) is 19.6 Å². The van der Waals surface area contributed by atoms with Crippen LogP contribution in [-0.4, -0.2) is 40.4 Å². The van der Waals surface area contributed by atoms with E-state index in [1.165, 1.54) is 30.4 Å². The molecule has 0 radical (unpaired) electrons. The molecule has 5 heteroatoms. The average molecular weight is 455 g/mol. The van der Waals surface area contributed by atoms with Crippen LogP contribution in [-0.2, 0) is 4.79 Å². The maximum atomic E-state index is 12.0. The highest BCUT2D eigenvalue weighted by Gasteiger charge is 2.27. The Morgan fingerprint density at radius 2 is 1.71 bits per heavy atom. The van der Waals surface area contributed by atoms with Gasteiger partial charge in [0.25, 0.3) is 0 Å². The molecule has 1 saturated heterocycles. The van der Waals surface area contributed by atoms with Gasteiger partial charge < -0.3 is 5.32 Å². The van der Waals surface area contributed by atoms with E-state index in [1.54, 1.807) is 24.5 Å². The first-order valence-corrected chi connectivity index (χ1v) is 12.3. The summed E-state index contributed by atoms with van der Waals surface area (Å²) in [6.45, 7) is 2.96. The van der Waals surface area contributed by atoms with Crippen LogP contribution in [0.2, 0.25) is 0 Å². The smallest absolute Gasteiger partial charge is 0.243 e. The fourth-order valence-corrected chi connectivity index (χ4v) is 4.77. The highest BCUT2D eigenvalue weighted by atomic mass is 16.1. The number of benzene rings is 1. The van der Waals surface area contributed by atoms with Crippen LogP contribution in [0.3, 0.4) is 0 Å². The maximum absolute atomic E-state index is 12.0. The predicted octanol–water partition coefficient (Wildman–Crippen LogP) is 5.28. The average Bonchev–Trinajstić information content (AvgIpc) is 2.90. The number of amides is 1. The molecule has 0 spiro atoms. The molecule has 0 aliphatic carbocycles. The van der Waals surface area contributed by atoms with Crippen molar-refractivity contribution in [1.29, 1.82) is 0 Å². The van der Waals surface area contributed by atoms with Crippen LogP contribution in [0, 0.1) is 5.92 Å². The molecule has 5 nitrogen and oxygen atoms in total. The van der Waals surface area contributed by atoms with E-state index in [1.807, 2.05) is 24.5 Å². The summed E-state index contributed by atoms with van der Waals surface area (Å²) in [6.07, 6.45) is 16.5. The number of hydrogen-bond donors (Lipinski definition) is 1. The van der Waals surface area contributed by atoms with Crippen molar-refractivity contribution in [3.63, 3.8) is 0 Å². The number of aromatic nitrogens is 2. The first kappa shape index (κ1) is 23.8. The second kappa shape index (κ2) is 12.8. The molecule has 2 aromatic heterocycles. The lowest BCUT2D eigenvalue weighted by molar-refractivity contribution is -0.116. The zero-order valence-electron chi connectivity index (χ0n) is 19.7. The molecule has 176 valence electrons. The lowest BCUT2D eigenvalue weighted by atomic mass is 9.89. The molecule has 1 aliphatic rings. The Labute approximate surface area is 203 Å². The van der Waals surface area contributed by atoms with E-state index in [9.17, 15) is 4.79 Å². The van der Waals surface area contributed by atoms with E-state index >= 15 is 0 Å². The summed E-state index contributed by atoms with van der Waals surface area (Å²) in [5, 5.41) is 2.99. The van der Waals surface area contributed by atoms with Crippen molar-refractivity contribution in [3.05, 3.63) is 102 Å². The number of piperidine rings is 1. The van der Waals surface area contributed by atoms with Crippen molar-refractivity contribution in [2.45, 2.75) is 38.1 Å². The molecule has 1 N–H and O–H groups in total. The lowest BCUT2D eigenvalue weighted by Crippen LogP contribution is -2.37. The number of carbonyl (C=O) groups excluding carboxylic acids is 1. The minimum Gasteiger partial charge on any atom is -0.353 e. The third-order valence-electron chi connectivity index (χ3n) is 6.60. The molecule has 3 heterocycles. The van der Waals surface area contributed by atoms with Crippen LogP contribution in [0.15, 0.2) is 85.5 Å². The van der Waals surface area contributed by atoms with Crippen LogP contribution in [0.25, 0.3) is 6.08 Å². The maximum Gasteiger partial charge on any atom is 0.243 e. The van der Waals surface area contributed by atoms with Gasteiger partial charge in [-0.1, -0.05) is 49.2 Å². The van der Waals surface area contributed by atoms with Gasteiger partial charge >= 0.3 is 0 Å². The molecular formula is C29H34N4O. The molecule has 1 amide bonds. The Bertz CT molecular complexity index is 976. The largest absolute Gasteiger partial charge is 0.353 e. The Kier molecular flexibility index (Phi) is 8.98. The molecule has 1 unspecified atom stereocenters. The van der Waals surface area contributed by atoms with Gasteiger partial charge in [0.15, 0.2) is 0 Å². The summed E-state index contributed by atoms with van der Waals surface area (Å²) in [7, 11) is 0. The number of nitrogens with zero attached hydrogens (tertiary/aromatic N) is 3. The highest BCUT2D eigenvalue weighted by molar-refractivity contribution is 5.91. The van der Waals surface area contributed by atoms with Gasteiger partial charge in [-0.15, -0.1) is 0 Å². The van der Waals surface area contributed by atoms with Crippen LogP contribution < -0.4 is 5.32 Å². The third-order valence-corrected chi connectivity index (χ3v) is 6.60. The van der Waals surface area contributed by atoms with Crippen molar-refractivity contribution < 1.29 is 4.79 Å². The summed E-state index contributed by atoms with van der Waals surface area (Å²) < 4.78 is 0. The lowest BCUT2D eigenvalue weighted by Gasteiger charge is -2.38. The van der Waals surface area contributed by atoms with E-state index in [2.05, 4.69) is 62.6 Å². The second-order valence-corrected chi connectivity index (χ2v) is 8.98. The molecule has 0 bridgehead atoms. The number of rotatable bonds is 10. The molecule has 0 saturated carbocycles. The first-order valence-electron chi connectivity index (χ1n) is 12.3. The molecular weight excluding hydrogens is 420 g/mol. The Balaban J connectivity index is 1.18. The zero-order chi connectivity index (χ0) is 23.4. The van der Waals surface area contributed by atoms with Gasteiger partial charge in [-0.25, -0.2) is 0 Å². The van der Waals surface area contributed by atoms with Crippen molar-refractivity contribution >= 4 is 12.0 Å². The molecule has 1 fully saturated rings. The zero-order valence-corrected chi connectivity index (χ0v) is 19.7. The van der Waals surface area contributed by atoms with E-state index in [4.69, 9.17) is 0 Å². The molecule has 1 aliphatic heterocycles. The Morgan fingerprint density at radius 1 is 0.941 bits per heavy atom. The number of carbonyl (C=O) groups is 1. The molecule has 4 rings (SSSR count). The summed E-state index contributed by atoms with van der Waals surface area (Å²) in [5.41, 5.74) is 3.59. The molecule has 34 heavy (non-hydrogen) atoms. The van der Waals surface area contributed by atoms with Crippen LogP contribution >= 0.6 is 0 Å². The van der Waals surface area contributed by atoms with E-state index in [0.717, 1.165) is 44.0 Å². The summed E-state index contributed by atoms with van der Waals surface area (Å²) in [5.74, 6) is 0.728. The summed E-state index contributed by atoms with van der Waals surface area (Å²) >= 11 is 0.